The molecule has 6 nitrogen and oxygen atoms in total. The molecule has 1 aromatic rings. The number of esters is 1. The Morgan fingerprint density at radius 3 is 2.09 bits per heavy atom. The molecule has 0 radical (unpaired) electrons. The normalized spacial score (nSPS) is 13.1. The van der Waals surface area contributed by atoms with Crippen molar-refractivity contribution in [1.29, 1.82) is 0 Å². The van der Waals surface area contributed by atoms with Crippen LogP contribution in [-0.2, 0) is 16.1 Å². The Labute approximate surface area is 138 Å². The van der Waals surface area contributed by atoms with Crippen molar-refractivity contribution in [2.75, 3.05) is 27.9 Å². The van der Waals surface area contributed by atoms with E-state index in [1.807, 2.05) is 26.0 Å². The van der Waals surface area contributed by atoms with E-state index < -0.39 is 0 Å². The Bertz CT molecular complexity index is 493. The molecule has 2 unspecified atom stereocenters. The molecule has 130 valence electrons. The summed E-state index contributed by atoms with van der Waals surface area (Å²) in [6.07, 6.45) is 0. The molecule has 0 aliphatic rings. The SMILES string of the molecule is CCOC(=O)C(C)C(C)NCc1cc(OC)c(OC)c(OC)c1. The van der Waals surface area contributed by atoms with Crippen LogP contribution < -0.4 is 19.5 Å². The highest BCUT2D eigenvalue weighted by Crippen LogP contribution is 2.38. The minimum absolute atomic E-state index is 0.0202. The first-order chi connectivity index (χ1) is 11.0. The maximum Gasteiger partial charge on any atom is 0.310 e. The Kier molecular flexibility index (Phi) is 7.68. The van der Waals surface area contributed by atoms with Crippen molar-refractivity contribution in [3.63, 3.8) is 0 Å². The zero-order chi connectivity index (χ0) is 17.4. The van der Waals surface area contributed by atoms with Gasteiger partial charge in [-0.3, -0.25) is 4.79 Å². The minimum atomic E-state index is -0.225. The summed E-state index contributed by atoms with van der Waals surface area (Å²) in [6, 6.07) is 3.75. The number of hydrogen-bond donors (Lipinski definition) is 1. The summed E-state index contributed by atoms with van der Waals surface area (Å²) in [5.74, 6) is 1.35. The fraction of sp³-hybridized carbons (Fsp3) is 0.588. The lowest BCUT2D eigenvalue weighted by molar-refractivity contribution is -0.148. The van der Waals surface area contributed by atoms with Gasteiger partial charge in [0.2, 0.25) is 5.75 Å². The van der Waals surface area contributed by atoms with E-state index in [-0.39, 0.29) is 17.9 Å². The third-order valence-corrected chi connectivity index (χ3v) is 3.76. The van der Waals surface area contributed by atoms with E-state index in [9.17, 15) is 4.79 Å². The van der Waals surface area contributed by atoms with Gasteiger partial charge in [-0.1, -0.05) is 6.92 Å². The first-order valence-corrected chi connectivity index (χ1v) is 7.67. The Hall–Kier alpha value is -1.95. The largest absolute Gasteiger partial charge is 0.493 e. The van der Waals surface area contributed by atoms with Crippen LogP contribution in [-0.4, -0.2) is 39.9 Å². The molecule has 2 atom stereocenters. The number of ether oxygens (including phenoxy) is 4. The van der Waals surface area contributed by atoms with Gasteiger partial charge in [-0.25, -0.2) is 0 Å². The summed E-state index contributed by atoms with van der Waals surface area (Å²) in [6.45, 7) is 6.58. The van der Waals surface area contributed by atoms with Crippen LogP contribution in [0.15, 0.2) is 12.1 Å². The van der Waals surface area contributed by atoms with Crippen LogP contribution in [0.1, 0.15) is 26.3 Å². The van der Waals surface area contributed by atoms with Crippen LogP contribution >= 0.6 is 0 Å². The molecule has 0 aromatic heterocycles. The van der Waals surface area contributed by atoms with Gasteiger partial charge in [0, 0.05) is 12.6 Å². The topological polar surface area (TPSA) is 66.0 Å². The maximum absolute atomic E-state index is 11.8. The van der Waals surface area contributed by atoms with Crippen molar-refractivity contribution in [1.82, 2.24) is 5.32 Å². The van der Waals surface area contributed by atoms with Crippen molar-refractivity contribution in [3.05, 3.63) is 17.7 Å². The second-order valence-corrected chi connectivity index (χ2v) is 5.24. The van der Waals surface area contributed by atoms with E-state index in [0.717, 1.165) is 5.56 Å². The van der Waals surface area contributed by atoms with Crippen molar-refractivity contribution in [2.45, 2.75) is 33.4 Å². The predicted octanol–water partition coefficient (Wildman–Crippen LogP) is 2.39. The van der Waals surface area contributed by atoms with E-state index in [1.165, 1.54) is 0 Å². The van der Waals surface area contributed by atoms with Gasteiger partial charge in [-0.15, -0.1) is 0 Å². The average molecular weight is 325 g/mol. The number of rotatable bonds is 9. The Morgan fingerprint density at radius 1 is 1.09 bits per heavy atom. The van der Waals surface area contributed by atoms with E-state index in [1.54, 1.807) is 28.3 Å². The van der Waals surface area contributed by atoms with E-state index in [4.69, 9.17) is 18.9 Å². The standard InChI is InChI=1S/C17H27NO5/c1-7-23-17(19)11(2)12(3)18-10-13-8-14(20-4)16(22-6)15(9-13)21-5/h8-9,11-12,18H,7,10H2,1-6H3. The zero-order valence-electron chi connectivity index (χ0n) is 14.8. The van der Waals surface area contributed by atoms with E-state index in [2.05, 4.69) is 5.32 Å². The molecule has 23 heavy (non-hydrogen) atoms. The summed E-state index contributed by atoms with van der Waals surface area (Å²) in [7, 11) is 4.74. The highest BCUT2D eigenvalue weighted by atomic mass is 16.5. The number of hydrogen-bond acceptors (Lipinski definition) is 6. The van der Waals surface area contributed by atoms with Crippen LogP contribution in [0.2, 0.25) is 0 Å². The average Bonchev–Trinajstić information content (AvgIpc) is 2.57. The van der Waals surface area contributed by atoms with Gasteiger partial charge in [-0.2, -0.15) is 0 Å². The van der Waals surface area contributed by atoms with Crippen molar-refractivity contribution in [2.24, 2.45) is 5.92 Å². The first-order valence-electron chi connectivity index (χ1n) is 7.67. The lowest BCUT2D eigenvalue weighted by Gasteiger charge is -2.20. The van der Waals surface area contributed by atoms with Crippen LogP contribution in [0.5, 0.6) is 17.2 Å². The molecule has 1 aromatic carbocycles. The van der Waals surface area contributed by atoms with Crippen molar-refractivity contribution >= 4 is 5.97 Å². The third-order valence-electron chi connectivity index (χ3n) is 3.76. The van der Waals surface area contributed by atoms with Crippen LogP contribution in [0.4, 0.5) is 0 Å². The molecule has 6 heteroatoms. The molecule has 0 heterocycles. The summed E-state index contributed by atoms with van der Waals surface area (Å²) in [5.41, 5.74) is 0.974. The summed E-state index contributed by atoms with van der Waals surface area (Å²) >= 11 is 0. The molecule has 0 saturated carbocycles. The van der Waals surface area contributed by atoms with Crippen LogP contribution in [0, 0.1) is 5.92 Å². The second-order valence-electron chi connectivity index (χ2n) is 5.24. The fourth-order valence-corrected chi connectivity index (χ4v) is 2.17. The van der Waals surface area contributed by atoms with Gasteiger partial charge in [0.25, 0.3) is 0 Å². The summed E-state index contributed by atoms with van der Waals surface area (Å²) in [4.78, 5) is 11.8. The molecule has 0 aliphatic heterocycles. The Balaban J connectivity index is 2.79. The zero-order valence-corrected chi connectivity index (χ0v) is 14.8. The van der Waals surface area contributed by atoms with Crippen LogP contribution in [0.25, 0.3) is 0 Å². The third kappa shape index (κ3) is 5.03. The summed E-state index contributed by atoms with van der Waals surface area (Å²) in [5, 5.41) is 3.33. The molecule has 0 bridgehead atoms. The number of benzene rings is 1. The second kappa shape index (κ2) is 9.25. The van der Waals surface area contributed by atoms with Gasteiger partial charge < -0.3 is 24.3 Å². The molecule has 0 saturated heterocycles. The van der Waals surface area contributed by atoms with Gasteiger partial charge in [0.15, 0.2) is 11.5 Å². The van der Waals surface area contributed by atoms with Crippen LogP contribution in [0.3, 0.4) is 0 Å². The van der Waals surface area contributed by atoms with Gasteiger partial charge >= 0.3 is 5.97 Å². The minimum Gasteiger partial charge on any atom is -0.493 e. The molecule has 1 rings (SSSR count). The monoisotopic (exact) mass is 325 g/mol. The number of carbonyl (C=O) groups excluding carboxylic acids is 1. The molecule has 0 amide bonds. The highest BCUT2D eigenvalue weighted by Gasteiger charge is 2.21. The lowest BCUT2D eigenvalue weighted by atomic mass is 10.0. The predicted molar refractivity (Wildman–Crippen MR) is 88.2 cm³/mol. The first kappa shape index (κ1) is 19.1. The van der Waals surface area contributed by atoms with E-state index >= 15 is 0 Å². The number of methoxy groups -OCH3 is 3. The van der Waals surface area contributed by atoms with Gasteiger partial charge in [0.1, 0.15) is 0 Å². The quantitative estimate of drug-likeness (QED) is 0.703. The van der Waals surface area contributed by atoms with Gasteiger partial charge in [0.05, 0.1) is 33.9 Å². The van der Waals surface area contributed by atoms with E-state index in [0.29, 0.717) is 30.4 Å². The highest BCUT2D eigenvalue weighted by molar-refractivity contribution is 5.72. The van der Waals surface area contributed by atoms with Gasteiger partial charge in [-0.05, 0) is 31.5 Å². The molecule has 0 spiro atoms. The number of nitrogens with one attached hydrogen (secondary N) is 1. The number of carbonyl (C=O) groups is 1. The fourth-order valence-electron chi connectivity index (χ4n) is 2.17. The van der Waals surface area contributed by atoms with Crippen molar-refractivity contribution < 1.29 is 23.7 Å². The molecular formula is C17H27NO5. The lowest BCUT2D eigenvalue weighted by Crippen LogP contribution is -2.36. The maximum atomic E-state index is 11.8. The molecule has 0 fully saturated rings. The molecule has 0 aliphatic carbocycles. The Morgan fingerprint density at radius 2 is 1.65 bits per heavy atom. The molecule has 1 N–H and O–H groups in total. The molecular weight excluding hydrogens is 298 g/mol. The summed E-state index contributed by atoms with van der Waals surface area (Å²) < 4.78 is 21.0. The smallest absolute Gasteiger partial charge is 0.310 e. The van der Waals surface area contributed by atoms with Crippen molar-refractivity contribution in [3.8, 4) is 17.2 Å².